The minimum Gasteiger partial charge on any atom is -0.486 e. The number of rotatable bonds is 4. The molecule has 0 atom stereocenters. The molecule has 0 unspecified atom stereocenters. The van der Waals surface area contributed by atoms with E-state index in [-0.39, 0.29) is 4.90 Å². The van der Waals surface area contributed by atoms with Gasteiger partial charge >= 0.3 is 0 Å². The van der Waals surface area contributed by atoms with Crippen LogP contribution >= 0.6 is 15.9 Å². The van der Waals surface area contributed by atoms with Crippen molar-refractivity contribution >= 4 is 26.0 Å². The lowest BCUT2D eigenvalue weighted by atomic mass is 10.3. The van der Waals surface area contributed by atoms with Crippen LogP contribution in [-0.4, -0.2) is 33.5 Å². The molecule has 7 heteroatoms. The lowest BCUT2D eigenvalue weighted by molar-refractivity contribution is 0.171. The maximum absolute atomic E-state index is 11.8. The first kappa shape index (κ1) is 12.7. The highest BCUT2D eigenvalue weighted by atomic mass is 79.9. The van der Waals surface area contributed by atoms with Crippen LogP contribution in [-0.2, 0) is 10.0 Å². The first-order chi connectivity index (χ1) is 8.13. The third kappa shape index (κ3) is 2.91. The topological polar surface area (TPSA) is 64.6 Å². The van der Waals surface area contributed by atoms with Gasteiger partial charge < -0.3 is 9.47 Å². The van der Waals surface area contributed by atoms with Crippen LogP contribution in [0.5, 0.6) is 11.5 Å². The number of alkyl halides is 1. The molecule has 17 heavy (non-hydrogen) atoms. The first-order valence-electron chi connectivity index (χ1n) is 5.09. The highest BCUT2D eigenvalue weighted by Crippen LogP contribution is 2.32. The van der Waals surface area contributed by atoms with Crippen LogP contribution in [0.4, 0.5) is 0 Å². The molecule has 0 aromatic heterocycles. The van der Waals surface area contributed by atoms with Crippen molar-refractivity contribution in [2.45, 2.75) is 4.90 Å². The zero-order chi connectivity index (χ0) is 12.3. The maximum Gasteiger partial charge on any atom is 0.240 e. The molecule has 2 rings (SSSR count). The Hall–Kier alpha value is -0.790. The van der Waals surface area contributed by atoms with Crippen molar-refractivity contribution < 1.29 is 17.9 Å². The van der Waals surface area contributed by atoms with E-state index in [1.165, 1.54) is 12.1 Å². The number of halogens is 1. The molecule has 1 aromatic carbocycles. The molecule has 0 amide bonds. The molecule has 5 nitrogen and oxygen atoms in total. The van der Waals surface area contributed by atoms with Crippen LogP contribution in [0.1, 0.15) is 0 Å². The van der Waals surface area contributed by atoms with Crippen LogP contribution in [0.3, 0.4) is 0 Å². The summed E-state index contributed by atoms with van der Waals surface area (Å²) in [5.41, 5.74) is 0. The largest absolute Gasteiger partial charge is 0.486 e. The Kier molecular flexibility index (Phi) is 3.90. The molecule has 0 saturated heterocycles. The van der Waals surface area contributed by atoms with Gasteiger partial charge in [-0.15, -0.1) is 0 Å². The Morgan fingerprint density at radius 1 is 1.24 bits per heavy atom. The number of hydrogen-bond acceptors (Lipinski definition) is 4. The first-order valence-corrected chi connectivity index (χ1v) is 7.69. The van der Waals surface area contributed by atoms with Crippen molar-refractivity contribution in [3.05, 3.63) is 18.2 Å². The smallest absolute Gasteiger partial charge is 0.240 e. The molecule has 0 fully saturated rings. The van der Waals surface area contributed by atoms with Crippen molar-refractivity contribution in [3.63, 3.8) is 0 Å². The van der Waals surface area contributed by atoms with Crippen LogP contribution in [0.2, 0.25) is 0 Å². The standard InChI is InChI=1S/C10H12BrNO4S/c11-3-4-12-17(13,14)8-1-2-9-10(7-8)16-6-5-15-9/h1-2,7,12H,3-6H2. The van der Waals surface area contributed by atoms with Gasteiger partial charge in [0.15, 0.2) is 11.5 Å². The minimum atomic E-state index is -3.47. The summed E-state index contributed by atoms with van der Waals surface area (Å²) >= 11 is 3.16. The SMILES string of the molecule is O=S(=O)(NCCBr)c1ccc2c(c1)OCCO2. The normalized spacial score (nSPS) is 14.6. The summed E-state index contributed by atoms with van der Waals surface area (Å²) in [7, 11) is -3.47. The number of fused-ring (bicyclic) bond motifs is 1. The van der Waals surface area contributed by atoms with E-state index >= 15 is 0 Å². The minimum absolute atomic E-state index is 0.183. The molecule has 0 saturated carbocycles. The van der Waals surface area contributed by atoms with E-state index in [4.69, 9.17) is 9.47 Å². The second-order valence-electron chi connectivity index (χ2n) is 3.39. The average molecular weight is 322 g/mol. The second-order valence-corrected chi connectivity index (χ2v) is 5.95. The predicted octanol–water partition coefficient (Wildman–Crippen LogP) is 1.13. The molecule has 1 aromatic rings. The summed E-state index contributed by atoms with van der Waals surface area (Å²) in [6.07, 6.45) is 0. The Morgan fingerprint density at radius 3 is 2.65 bits per heavy atom. The van der Waals surface area contributed by atoms with Gasteiger partial charge in [0.05, 0.1) is 4.90 Å². The van der Waals surface area contributed by atoms with E-state index in [1.54, 1.807) is 6.07 Å². The highest BCUT2D eigenvalue weighted by molar-refractivity contribution is 9.09. The third-order valence-electron chi connectivity index (χ3n) is 2.21. The number of hydrogen-bond donors (Lipinski definition) is 1. The molecule has 94 valence electrons. The average Bonchev–Trinajstić information content (AvgIpc) is 2.36. The van der Waals surface area contributed by atoms with Gasteiger partial charge in [-0.2, -0.15) is 0 Å². The molecule has 0 bridgehead atoms. The van der Waals surface area contributed by atoms with Gasteiger partial charge in [0.2, 0.25) is 10.0 Å². The van der Waals surface area contributed by atoms with Gasteiger partial charge in [-0.05, 0) is 12.1 Å². The summed E-state index contributed by atoms with van der Waals surface area (Å²) in [6.45, 7) is 1.27. The number of sulfonamides is 1. The van der Waals surface area contributed by atoms with Crippen LogP contribution < -0.4 is 14.2 Å². The molecular formula is C10H12BrNO4S. The molecule has 0 spiro atoms. The molecule has 0 radical (unpaired) electrons. The highest BCUT2D eigenvalue weighted by Gasteiger charge is 2.18. The predicted molar refractivity (Wildman–Crippen MR) is 66.4 cm³/mol. The zero-order valence-corrected chi connectivity index (χ0v) is 11.4. The van der Waals surface area contributed by atoms with E-state index in [0.717, 1.165) is 0 Å². The van der Waals surface area contributed by atoms with Gasteiger partial charge in [-0.1, -0.05) is 15.9 Å². The Morgan fingerprint density at radius 2 is 1.94 bits per heavy atom. The fraction of sp³-hybridized carbons (Fsp3) is 0.400. The fourth-order valence-electron chi connectivity index (χ4n) is 1.45. The summed E-state index contributed by atoms with van der Waals surface area (Å²) < 4.78 is 36.8. The lowest BCUT2D eigenvalue weighted by Gasteiger charge is -2.18. The molecule has 1 aliphatic heterocycles. The van der Waals surface area contributed by atoms with Gasteiger partial charge in [0.1, 0.15) is 13.2 Å². The van der Waals surface area contributed by atoms with E-state index in [0.29, 0.717) is 36.6 Å². The van der Waals surface area contributed by atoms with Gasteiger partial charge in [-0.3, -0.25) is 0 Å². The summed E-state index contributed by atoms with van der Waals surface area (Å²) in [4.78, 5) is 0.183. The molecular weight excluding hydrogens is 310 g/mol. The summed E-state index contributed by atoms with van der Waals surface area (Å²) in [5.74, 6) is 1.05. The summed E-state index contributed by atoms with van der Waals surface area (Å²) in [5, 5.41) is 0.566. The van der Waals surface area contributed by atoms with E-state index < -0.39 is 10.0 Å². The maximum atomic E-state index is 11.8. The number of ether oxygens (including phenoxy) is 2. The van der Waals surface area contributed by atoms with Crippen molar-refractivity contribution in [1.82, 2.24) is 4.72 Å². The number of benzene rings is 1. The van der Waals surface area contributed by atoms with Crippen LogP contribution in [0.25, 0.3) is 0 Å². The molecule has 1 heterocycles. The van der Waals surface area contributed by atoms with Crippen LogP contribution in [0.15, 0.2) is 23.1 Å². The van der Waals surface area contributed by atoms with E-state index in [1.807, 2.05) is 0 Å². The van der Waals surface area contributed by atoms with E-state index in [2.05, 4.69) is 20.7 Å². The van der Waals surface area contributed by atoms with Gasteiger partial charge in [0.25, 0.3) is 0 Å². The van der Waals surface area contributed by atoms with Crippen LogP contribution in [0, 0.1) is 0 Å². The van der Waals surface area contributed by atoms with Crippen molar-refractivity contribution in [2.24, 2.45) is 0 Å². The summed E-state index contributed by atoms with van der Waals surface area (Å²) in [6, 6.07) is 4.59. The monoisotopic (exact) mass is 321 g/mol. The van der Waals surface area contributed by atoms with Crippen molar-refractivity contribution in [2.75, 3.05) is 25.1 Å². The zero-order valence-electron chi connectivity index (χ0n) is 8.98. The third-order valence-corrected chi connectivity index (χ3v) is 4.07. The molecule has 1 N–H and O–H groups in total. The van der Waals surface area contributed by atoms with E-state index in [9.17, 15) is 8.42 Å². The Balaban J connectivity index is 2.27. The Labute approximate surface area is 108 Å². The van der Waals surface area contributed by atoms with Gasteiger partial charge in [-0.25, -0.2) is 13.1 Å². The Bertz CT molecular complexity index is 503. The quantitative estimate of drug-likeness (QED) is 0.844. The lowest BCUT2D eigenvalue weighted by Crippen LogP contribution is -2.25. The van der Waals surface area contributed by atoms with Gasteiger partial charge in [0, 0.05) is 17.9 Å². The second kappa shape index (κ2) is 5.24. The molecule has 0 aliphatic carbocycles. The van der Waals surface area contributed by atoms with Crippen molar-refractivity contribution in [3.8, 4) is 11.5 Å². The van der Waals surface area contributed by atoms with Crippen molar-refractivity contribution in [1.29, 1.82) is 0 Å². The fourth-order valence-corrected chi connectivity index (χ4v) is 2.95. The number of nitrogens with one attached hydrogen (secondary N) is 1. The molecule has 1 aliphatic rings.